The predicted molar refractivity (Wildman–Crippen MR) is 140 cm³/mol. The van der Waals surface area contributed by atoms with Gasteiger partial charge in [-0.1, -0.05) is 72.9 Å². The van der Waals surface area contributed by atoms with Crippen LogP contribution in [-0.2, 0) is 0 Å². The van der Waals surface area contributed by atoms with Crippen LogP contribution in [0.4, 0.5) is 11.4 Å². The summed E-state index contributed by atoms with van der Waals surface area (Å²) in [6.07, 6.45) is 0. The fraction of sp³-hybridized carbons (Fsp3) is 0.417. The number of aryl methyl sites for hydroxylation is 2. The van der Waals surface area contributed by atoms with Gasteiger partial charge in [-0.05, 0) is 27.7 Å². The molecule has 0 unspecified atom stereocenters. The van der Waals surface area contributed by atoms with Crippen molar-refractivity contribution in [2.75, 3.05) is 11.5 Å². The largest absolute Gasteiger partial charge is 2.00 e. The summed E-state index contributed by atoms with van der Waals surface area (Å²) in [4.78, 5) is 0. The first-order valence-corrected chi connectivity index (χ1v) is 17.2. The van der Waals surface area contributed by atoms with Gasteiger partial charge in [-0.3, -0.25) is 0 Å². The molecule has 0 heterocycles. The molecule has 0 bridgehead atoms. The monoisotopic (exact) mass is 452 g/mol. The molecular weight excluding hydrogens is 413 g/mol. The standard InChI is InChI=1S/2C12H20NSi.Ca/c2*1-9-6-7-11(8-14(3,4)5)12(13)10(9)2;/h2*6-8H,13H2,1-5H3;/q2*-1;+2. The first-order chi connectivity index (χ1) is 12.6. The molecule has 0 atom stereocenters. The molecule has 0 aliphatic heterocycles. The summed E-state index contributed by atoms with van der Waals surface area (Å²) in [5.41, 5.74) is 21.5. The molecule has 0 aromatic heterocycles. The molecule has 2 nitrogen and oxygen atoms in total. The third-order valence-corrected chi connectivity index (χ3v) is 7.17. The van der Waals surface area contributed by atoms with E-state index in [9.17, 15) is 0 Å². The molecule has 2 aromatic rings. The van der Waals surface area contributed by atoms with Crippen molar-refractivity contribution in [2.24, 2.45) is 0 Å². The maximum atomic E-state index is 6.08. The summed E-state index contributed by atoms with van der Waals surface area (Å²) >= 11 is 0. The molecule has 0 saturated carbocycles. The van der Waals surface area contributed by atoms with E-state index in [1.807, 2.05) is 0 Å². The van der Waals surface area contributed by atoms with Crippen molar-refractivity contribution in [3.63, 3.8) is 0 Å². The van der Waals surface area contributed by atoms with E-state index in [0.717, 1.165) is 11.4 Å². The van der Waals surface area contributed by atoms with E-state index in [-0.39, 0.29) is 37.7 Å². The van der Waals surface area contributed by atoms with E-state index in [2.05, 4.69) is 103 Å². The molecule has 0 aliphatic rings. The van der Waals surface area contributed by atoms with Gasteiger partial charge < -0.3 is 11.5 Å². The smallest absolute Gasteiger partial charge is 0.449 e. The Hall–Kier alpha value is -0.526. The maximum Gasteiger partial charge on any atom is 2.00 e. The minimum absolute atomic E-state index is 0. The van der Waals surface area contributed by atoms with Gasteiger partial charge in [0.05, 0.1) is 0 Å². The van der Waals surface area contributed by atoms with Gasteiger partial charge in [0.1, 0.15) is 0 Å². The average molecular weight is 453 g/mol. The second-order valence-corrected chi connectivity index (χ2v) is 20.1. The molecule has 0 amide bonds. The van der Waals surface area contributed by atoms with Gasteiger partial charge in [0.25, 0.3) is 0 Å². The summed E-state index contributed by atoms with van der Waals surface area (Å²) < 4.78 is 0. The molecule has 29 heavy (non-hydrogen) atoms. The SMILES string of the molecule is Cc1ccc([CH-][Si](C)(C)C)c(N)c1C.Cc1ccc([CH-][Si](C)(C)C)c(N)c1C.[Ca+2]. The van der Waals surface area contributed by atoms with Crippen LogP contribution in [0.3, 0.4) is 0 Å². The van der Waals surface area contributed by atoms with Crippen molar-refractivity contribution in [2.45, 2.75) is 67.0 Å². The molecular formula is C24H40CaN2Si2. The Kier molecular flexibility index (Phi) is 11.0. The van der Waals surface area contributed by atoms with Crippen LogP contribution >= 0.6 is 0 Å². The molecule has 0 radical (unpaired) electrons. The third kappa shape index (κ3) is 9.43. The van der Waals surface area contributed by atoms with E-state index in [1.165, 1.54) is 33.4 Å². The quantitative estimate of drug-likeness (QED) is 0.327. The van der Waals surface area contributed by atoms with Crippen LogP contribution in [-0.4, -0.2) is 53.9 Å². The van der Waals surface area contributed by atoms with Gasteiger partial charge in [-0.15, -0.1) is 12.1 Å². The normalized spacial score (nSPS) is 11.1. The zero-order valence-corrected chi connectivity index (χ0v) is 24.5. The summed E-state index contributed by atoms with van der Waals surface area (Å²) in [6.45, 7) is 22.3. The van der Waals surface area contributed by atoms with Crippen LogP contribution < -0.4 is 11.5 Å². The average Bonchev–Trinajstić information content (AvgIpc) is 2.55. The van der Waals surface area contributed by atoms with Gasteiger partial charge in [0, 0.05) is 16.1 Å². The zero-order valence-electron chi connectivity index (χ0n) is 20.3. The van der Waals surface area contributed by atoms with E-state index in [1.54, 1.807) is 0 Å². The molecule has 0 fully saturated rings. The van der Waals surface area contributed by atoms with Crippen molar-refractivity contribution in [1.29, 1.82) is 0 Å². The topological polar surface area (TPSA) is 52.0 Å². The number of hydrogen-bond donors (Lipinski definition) is 2. The van der Waals surface area contributed by atoms with Crippen molar-refractivity contribution < 1.29 is 0 Å². The summed E-state index contributed by atoms with van der Waals surface area (Å²) in [6, 6.07) is 13.3. The Balaban J connectivity index is 0.000000523. The number of hydrogen-bond acceptors (Lipinski definition) is 2. The molecule has 4 N–H and O–H groups in total. The van der Waals surface area contributed by atoms with Crippen LogP contribution in [0.15, 0.2) is 24.3 Å². The molecule has 2 rings (SSSR count). The Bertz CT molecular complexity index is 750. The molecule has 0 aliphatic carbocycles. The van der Waals surface area contributed by atoms with E-state index in [4.69, 9.17) is 11.5 Å². The van der Waals surface area contributed by atoms with Gasteiger partial charge in [0.15, 0.2) is 0 Å². The van der Waals surface area contributed by atoms with Crippen molar-refractivity contribution in [3.8, 4) is 0 Å². The molecule has 0 saturated heterocycles. The molecule has 5 heteroatoms. The van der Waals surface area contributed by atoms with Crippen LogP contribution in [0.25, 0.3) is 0 Å². The molecule has 156 valence electrons. The predicted octanol–water partition coefficient (Wildman–Crippen LogP) is 6.25. The second kappa shape index (κ2) is 11.2. The Morgan fingerprint density at radius 1 is 0.586 bits per heavy atom. The summed E-state index contributed by atoms with van der Waals surface area (Å²) in [5.74, 6) is 0. The summed E-state index contributed by atoms with van der Waals surface area (Å²) in [7, 11) is -2.35. The van der Waals surface area contributed by atoms with Gasteiger partial charge >= 0.3 is 37.7 Å². The number of nitrogen functional groups attached to an aromatic ring is 2. The third-order valence-electron chi connectivity index (χ3n) is 4.82. The fourth-order valence-electron chi connectivity index (χ4n) is 2.90. The zero-order chi connectivity index (χ0) is 21.9. The van der Waals surface area contributed by atoms with Gasteiger partial charge in [-0.2, -0.15) is 35.3 Å². The van der Waals surface area contributed by atoms with Gasteiger partial charge in [0.2, 0.25) is 0 Å². The van der Waals surface area contributed by atoms with Crippen LogP contribution in [0.2, 0.25) is 39.3 Å². The van der Waals surface area contributed by atoms with Gasteiger partial charge in [-0.25, -0.2) is 0 Å². The fourth-order valence-corrected chi connectivity index (χ4v) is 5.27. The number of anilines is 2. The Labute approximate surface area is 211 Å². The van der Waals surface area contributed by atoms with E-state index in [0.29, 0.717) is 0 Å². The van der Waals surface area contributed by atoms with Crippen molar-refractivity contribution in [3.05, 3.63) is 69.7 Å². The maximum absolute atomic E-state index is 6.08. The number of rotatable bonds is 4. The van der Waals surface area contributed by atoms with E-state index >= 15 is 0 Å². The first kappa shape index (κ1) is 28.5. The minimum atomic E-state index is -1.17. The molecule has 2 aromatic carbocycles. The minimum Gasteiger partial charge on any atom is -0.449 e. The van der Waals surface area contributed by atoms with Crippen LogP contribution in [0, 0.1) is 39.8 Å². The van der Waals surface area contributed by atoms with Crippen molar-refractivity contribution in [1.82, 2.24) is 0 Å². The summed E-state index contributed by atoms with van der Waals surface area (Å²) in [5, 5.41) is 0. The Morgan fingerprint density at radius 3 is 1.10 bits per heavy atom. The second-order valence-electron chi connectivity index (χ2n) is 10.0. The molecule has 0 spiro atoms. The van der Waals surface area contributed by atoms with Crippen LogP contribution in [0.1, 0.15) is 33.4 Å². The number of nitrogens with two attached hydrogens (primary N) is 2. The first-order valence-electron chi connectivity index (χ1n) is 10.1. The van der Waals surface area contributed by atoms with E-state index < -0.39 is 16.1 Å². The van der Waals surface area contributed by atoms with Crippen LogP contribution in [0.5, 0.6) is 0 Å². The number of benzene rings is 2. The van der Waals surface area contributed by atoms with Crippen molar-refractivity contribution >= 4 is 65.3 Å². The Morgan fingerprint density at radius 2 is 0.862 bits per heavy atom.